The second-order valence-electron chi connectivity index (χ2n) is 5.13. The van der Waals surface area contributed by atoms with Crippen LogP contribution < -0.4 is 0 Å². The largest absolute Gasteiger partial charge is 0.460 e. The van der Waals surface area contributed by atoms with Gasteiger partial charge in [-0.05, 0) is 6.55 Å². The lowest BCUT2D eigenvalue weighted by Gasteiger charge is -2.40. The van der Waals surface area contributed by atoms with Gasteiger partial charge < -0.3 is 0 Å². The molecule has 0 aliphatic carbocycles. The minimum Gasteiger partial charge on any atom is -0.248 e. The Labute approximate surface area is 145 Å². The number of rotatable bonds is 7. The Morgan fingerprint density at radius 1 is 0.654 bits per heavy atom. The first-order valence-electron chi connectivity index (χ1n) is 5.85. The van der Waals surface area contributed by atoms with E-state index in [9.17, 15) is 61.5 Å². The molecule has 0 aromatic carbocycles. The normalized spacial score (nSPS) is 17.4. The topological polar surface area (TPSA) is 0 Å². The van der Waals surface area contributed by atoms with Crippen LogP contribution in [0.1, 0.15) is 6.42 Å². The molecule has 0 heterocycles. The lowest BCUT2D eigenvalue weighted by atomic mass is 9.93. The van der Waals surface area contributed by atoms with Crippen molar-refractivity contribution in [2.75, 3.05) is 0 Å². The van der Waals surface area contributed by atoms with Gasteiger partial charge in [0.2, 0.25) is 0 Å². The van der Waals surface area contributed by atoms with Crippen molar-refractivity contribution in [1.29, 1.82) is 0 Å². The highest BCUT2D eigenvalue weighted by Gasteiger charge is 2.90. The molecular formula is C9H6Cl2F14Si. The van der Waals surface area contributed by atoms with Gasteiger partial charge in [-0.25, -0.2) is 4.39 Å². The van der Waals surface area contributed by atoms with E-state index in [0.717, 1.165) is 0 Å². The van der Waals surface area contributed by atoms with Gasteiger partial charge >= 0.3 is 35.8 Å². The van der Waals surface area contributed by atoms with Gasteiger partial charge in [0.15, 0.2) is 0 Å². The molecule has 17 heteroatoms. The Morgan fingerprint density at radius 2 is 0.962 bits per heavy atom. The van der Waals surface area contributed by atoms with Crippen molar-refractivity contribution in [3.8, 4) is 0 Å². The minimum absolute atomic E-state index is 0.500. The summed E-state index contributed by atoms with van der Waals surface area (Å²) in [5.41, 5.74) is 0. The molecule has 0 fully saturated rings. The molecule has 0 amide bonds. The highest BCUT2D eigenvalue weighted by molar-refractivity contribution is 7.45. The summed E-state index contributed by atoms with van der Waals surface area (Å²) in [6.45, 7) is -3.92. The average Bonchev–Trinajstić information content (AvgIpc) is 2.34. The van der Waals surface area contributed by atoms with E-state index in [0.29, 0.717) is 6.55 Å². The van der Waals surface area contributed by atoms with Crippen LogP contribution in [0.3, 0.4) is 0 Å². The predicted octanol–water partition coefficient (Wildman–Crippen LogP) is 6.54. The maximum atomic E-state index is 13.3. The van der Waals surface area contributed by atoms with Gasteiger partial charge in [-0.15, -0.1) is 22.2 Å². The number of halogens is 16. The van der Waals surface area contributed by atoms with Crippen molar-refractivity contribution in [3.05, 3.63) is 0 Å². The van der Waals surface area contributed by atoms with Crippen LogP contribution in [0, 0.1) is 0 Å². The van der Waals surface area contributed by atoms with E-state index in [2.05, 4.69) is 0 Å². The molecule has 1 unspecified atom stereocenters. The summed E-state index contributed by atoms with van der Waals surface area (Å²) in [5, 5.41) is 0. The van der Waals surface area contributed by atoms with Crippen LogP contribution in [0.2, 0.25) is 6.55 Å². The minimum atomic E-state index is -8.01. The fourth-order valence-electron chi connectivity index (χ4n) is 1.33. The highest BCUT2D eigenvalue weighted by atomic mass is 35.7. The standard InChI is InChI=1S/C9H6Cl2F14Si/c1-26(10,11)3(12)2-4(13,14)5(15,16)6(17,18)7(19,20)8(21,22)9(23,24)25/h3H,2H2,1H3. The van der Waals surface area contributed by atoms with Gasteiger partial charge in [-0.3, -0.25) is 0 Å². The van der Waals surface area contributed by atoms with Crippen molar-refractivity contribution in [2.24, 2.45) is 0 Å². The molecule has 0 saturated carbocycles. The van der Waals surface area contributed by atoms with Crippen LogP contribution in [0.5, 0.6) is 0 Å². The average molecular weight is 479 g/mol. The quantitative estimate of drug-likeness (QED) is 0.221. The molecule has 0 bridgehead atoms. The maximum absolute atomic E-state index is 13.3. The van der Waals surface area contributed by atoms with Crippen LogP contribution in [-0.4, -0.2) is 48.3 Å². The molecule has 26 heavy (non-hydrogen) atoms. The summed E-state index contributed by atoms with van der Waals surface area (Å²) in [6, 6.07) is 0. The third-order valence-electron chi connectivity index (χ3n) is 2.98. The Kier molecular flexibility index (Phi) is 6.66. The Hall–Kier alpha value is -0.183. The van der Waals surface area contributed by atoms with Gasteiger partial charge in [0, 0.05) is 6.42 Å². The molecule has 1 atom stereocenters. The van der Waals surface area contributed by atoms with E-state index in [-0.39, 0.29) is 0 Å². The smallest absolute Gasteiger partial charge is 0.248 e. The van der Waals surface area contributed by atoms with E-state index in [1.54, 1.807) is 0 Å². The molecule has 0 spiro atoms. The first-order chi connectivity index (χ1) is 10.9. The predicted molar refractivity (Wildman–Crippen MR) is 63.6 cm³/mol. The number of hydrogen-bond donors (Lipinski definition) is 0. The highest BCUT2D eigenvalue weighted by Crippen LogP contribution is 2.61. The maximum Gasteiger partial charge on any atom is 0.460 e. The molecule has 0 nitrogen and oxygen atoms in total. The molecule has 0 aliphatic heterocycles. The zero-order chi connectivity index (χ0) is 21.8. The first-order valence-corrected chi connectivity index (χ1v) is 10.5. The van der Waals surface area contributed by atoms with Gasteiger partial charge in [0.05, 0.1) is 0 Å². The molecule has 0 aliphatic rings. The van der Waals surface area contributed by atoms with Crippen molar-refractivity contribution in [2.45, 2.75) is 54.6 Å². The van der Waals surface area contributed by atoms with Crippen molar-refractivity contribution < 1.29 is 61.5 Å². The van der Waals surface area contributed by atoms with Crippen molar-refractivity contribution >= 4 is 28.9 Å². The molecule has 0 saturated heterocycles. The van der Waals surface area contributed by atoms with Gasteiger partial charge in [0.25, 0.3) is 6.69 Å². The molecule has 0 radical (unpaired) electrons. The second-order valence-corrected chi connectivity index (χ2v) is 13.0. The third kappa shape index (κ3) is 3.98. The van der Waals surface area contributed by atoms with Gasteiger partial charge in [-0.1, -0.05) is 0 Å². The van der Waals surface area contributed by atoms with E-state index in [4.69, 9.17) is 22.2 Å². The molecule has 0 rings (SSSR count). The van der Waals surface area contributed by atoms with Crippen LogP contribution in [0.15, 0.2) is 0 Å². The van der Waals surface area contributed by atoms with Crippen LogP contribution >= 0.6 is 22.2 Å². The SMILES string of the molecule is C[Si](Cl)(Cl)C(F)CC(F)(F)C(F)(F)C(F)(F)C(F)(F)C(F)(F)C(F)(F)F. The van der Waals surface area contributed by atoms with Gasteiger partial charge in [0.1, 0.15) is 5.79 Å². The van der Waals surface area contributed by atoms with Crippen LogP contribution in [-0.2, 0) is 0 Å². The number of alkyl halides is 14. The number of hydrogen-bond acceptors (Lipinski definition) is 0. The van der Waals surface area contributed by atoms with Crippen molar-refractivity contribution in [1.82, 2.24) is 0 Å². The third-order valence-corrected chi connectivity index (χ3v) is 5.71. The van der Waals surface area contributed by atoms with E-state index in [1.807, 2.05) is 0 Å². The zero-order valence-corrected chi connectivity index (χ0v) is 14.3. The first kappa shape index (κ1) is 25.8. The molecule has 158 valence electrons. The Bertz CT molecular complexity index is 508. The van der Waals surface area contributed by atoms with E-state index < -0.39 is 54.7 Å². The molecule has 0 aromatic heterocycles. The lowest BCUT2D eigenvalue weighted by Crippen LogP contribution is -2.70. The fourth-order valence-corrected chi connectivity index (χ4v) is 2.41. The monoisotopic (exact) mass is 478 g/mol. The van der Waals surface area contributed by atoms with Crippen LogP contribution in [0.25, 0.3) is 0 Å². The van der Waals surface area contributed by atoms with Crippen molar-refractivity contribution in [3.63, 3.8) is 0 Å². The molecule has 0 N–H and O–H groups in total. The molecule has 0 aromatic rings. The van der Waals surface area contributed by atoms with Gasteiger partial charge in [-0.2, -0.15) is 57.1 Å². The second kappa shape index (κ2) is 6.71. The summed E-state index contributed by atoms with van der Waals surface area (Å²) < 4.78 is 179. The summed E-state index contributed by atoms with van der Waals surface area (Å²) >= 11 is 10.0. The van der Waals surface area contributed by atoms with E-state index >= 15 is 0 Å². The summed E-state index contributed by atoms with van der Waals surface area (Å²) in [6.07, 6.45) is -10.5. The Morgan fingerprint density at radius 3 is 1.23 bits per heavy atom. The fraction of sp³-hybridized carbons (Fsp3) is 1.00. The summed E-state index contributed by atoms with van der Waals surface area (Å²) in [4.78, 5) is 0. The lowest BCUT2D eigenvalue weighted by molar-refractivity contribution is -0.440. The van der Waals surface area contributed by atoms with Crippen LogP contribution in [0.4, 0.5) is 61.5 Å². The van der Waals surface area contributed by atoms with E-state index in [1.165, 1.54) is 0 Å². The summed E-state index contributed by atoms with van der Waals surface area (Å²) in [5.74, 6) is -41.2. The zero-order valence-electron chi connectivity index (χ0n) is 11.8. The Balaban J connectivity index is 6.17. The molecular weight excluding hydrogens is 473 g/mol. The summed E-state index contributed by atoms with van der Waals surface area (Å²) in [7, 11) is 0.